The lowest BCUT2D eigenvalue weighted by Gasteiger charge is -2.39. The number of halogens is 3. The monoisotopic (exact) mass is 420 g/mol. The summed E-state index contributed by atoms with van der Waals surface area (Å²) >= 11 is 12.1. The number of anilines is 1. The Hall–Kier alpha value is -1.62. The van der Waals surface area contributed by atoms with Crippen molar-refractivity contribution in [2.24, 2.45) is 5.92 Å². The first-order valence-electron chi connectivity index (χ1n) is 9.75. The van der Waals surface area contributed by atoms with E-state index in [-0.39, 0.29) is 28.3 Å². The van der Waals surface area contributed by atoms with Crippen molar-refractivity contribution in [1.82, 2.24) is 5.32 Å². The second kappa shape index (κ2) is 8.02. The molecule has 1 aliphatic heterocycles. The van der Waals surface area contributed by atoms with Crippen LogP contribution >= 0.6 is 23.2 Å². The first kappa shape index (κ1) is 19.7. The third-order valence-electron chi connectivity index (χ3n) is 6.17. The number of carbonyl (C=O) groups excluding carboxylic acids is 1. The van der Waals surface area contributed by atoms with E-state index in [9.17, 15) is 9.18 Å². The van der Waals surface area contributed by atoms with E-state index in [0.29, 0.717) is 22.8 Å². The van der Waals surface area contributed by atoms with Gasteiger partial charge in [-0.05, 0) is 42.7 Å². The lowest BCUT2D eigenvalue weighted by molar-refractivity contribution is -0.122. The zero-order valence-electron chi connectivity index (χ0n) is 15.5. The normalized spacial score (nSPS) is 23.7. The molecule has 2 unspecified atom stereocenters. The van der Waals surface area contributed by atoms with Crippen molar-refractivity contribution in [1.29, 1.82) is 0 Å². The van der Waals surface area contributed by atoms with Gasteiger partial charge in [-0.1, -0.05) is 60.7 Å². The molecule has 2 atom stereocenters. The van der Waals surface area contributed by atoms with Gasteiger partial charge >= 0.3 is 0 Å². The molecule has 0 aromatic heterocycles. The van der Waals surface area contributed by atoms with E-state index in [2.05, 4.69) is 10.6 Å². The molecule has 3 nitrogen and oxygen atoms in total. The highest BCUT2D eigenvalue weighted by Gasteiger charge is 2.53. The third kappa shape index (κ3) is 3.66. The van der Waals surface area contributed by atoms with E-state index in [0.717, 1.165) is 25.7 Å². The molecule has 1 aliphatic carbocycles. The van der Waals surface area contributed by atoms with Crippen LogP contribution in [0.2, 0.25) is 10.0 Å². The van der Waals surface area contributed by atoms with Gasteiger partial charge < -0.3 is 10.6 Å². The first-order valence-corrected chi connectivity index (χ1v) is 10.5. The third-order valence-corrected chi connectivity index (χ3v) is 6.70. The predicted octanol–water partition coefficient (Wildman–Crippen LogP) is 5.78. The van der Waals surface area contributed by atoms with Crippen LogP contribution in [-0.2, 0) is 4.79 Å². The van der Waals surface area contributed by atoms with Crippen LogP contribution in [-0.4, -0.2) is 18.0 Å². The van der Waals surface area contributed by atoms with Crippen molar-refractivity contribution < 1.29 is 9.18 Å². The van der Waals surface area contributed by atoms with E-state index in [1.807, 2.05) is 6.07 Å². The van der Waals surface area contributed by atoms with Gasteiger partial charge in [0.2, 0.25) is 5.91 Å². The van der Waals surface area contributed by atoms with Crippen LogP contribution in [0.4, 0.5) is 10.1 Å². The number of carbonyl (C=O) groups is 1. The van der Waals surface area contributed by atoms with E-state index < -0.39 is 5.82 Å². The van der Waals surface area contributed by atoms with Crippen molar-refractivity contribution in [2.75, 3.05) is 11.9 Å². The fourth-order valence-corrected chi connectivity index (χ4v) is 5.29. The summed E-state index contributed by atoms with van der Waals surface area (Å²) < 4.78 is 14.8. The van der Waals surface area contributed by atoms with Crippen LogP contribution < -0.4 is 10.6 Å². The molecule has 0 radical (unpaired) electrons. The molecule has 148 valence electrons. The summed E-state index contributed by atoms with van der Waals surface area (Å²) in [6, 6.07) is 12.1. The molecule has 1 spiro atoms. The molecule has 6 heteroatoms. The molecule has 2 aliphatic rings. The van der Waals surface area contributed by atoms with E-state index in [1.54, 1.807) is 36.4 Å². The van der Waals surface area contributed by atoms with Crippen molar-refractivity contribution in [3.05, 3.63) is 63.9 Å². The van der Waals surface area contributed by atoms with Gasteiger partial charge in [0.05, 0.1) is 10.9 Å². The number of benzene rings is 2. The largest absolute Gasteiger partial charge is 0.326 e. The lowest BCUT2D eigenvalue weighted by Crippen LogP contribution is -2.50. The van der Waals surface area contributed by atoms with Crippen LogP contribution in [0, 0.1) is 11.7 Å². The van der Waals surface area contributed by atoms with Gasteiger partial charge in [-0.3, -0.25) is 4.79 Å². The fraction of sp³-hybridized carbons (Fsp3) is 0.409. The van der Waals surface area contributed by atoms with Crippen LogP contribution in [0.15, 0.2) is 42.5 Å². The van der Waals surface area contributed by atoms with Gasteiger partial charge in [0, 0.05) is 28.7 Å². The van der Waals surface area contributed by atoms with Gasteiger partial charge in [0.25, 0.3) is 0 Å². The standard InChI is InChI=1S/C22H23Cl2FN2O/c23-14-6-4-7-15(12-14)27-21(28)19-17(16-8-5-9-18(24)20(16)25)13-26-22(19)10-2-1-3-11-22/h4-9,12,17,19,26H,1-3,10-11,13H2,(H,27,28). The summed E-state index contributed by atoms with van der Waals surface area (Å²) in [4.78, 5) is 13.4. The highest BCUT2D eigenvalue weighted by Crippen LogP contribution is 2.47. The fourth-order valence-electron chi connectivity index (χ4n) is 4.91. The maximum atomic E-state index is 14.8. The molecule has 1 saturated heterocycles. The van der Waals surface area contributed by atoms with Crippen LogP contribution in [0.3, 0.4) is 0 Å². The Bertz CT molecular complexity index is 883. The number of hydrogen-bond donors (Lipinski definition) is 2. The molecule has 2 aromatic carbocycles. The van der Waals surface area contributed by atoms with Crippen molar-refractivity contribution in [3.8, 4) is 0 Å². The Morgan fingerprint density at radius 2 is 1.86 bits per heavy atom. The van der Waals surface area contributed by atoms with Gasteiger partial charge in [-0.25, -0.2) is 4.39 Å². The SMILES string of the molecule is O=C(Nc1cccc(Cl)c1)C1C(c2cccc(Cl)c2F)CNC12CCCCC2. The average molecular weight is 421 g/mol. The Kier molecular flexibility index (Phi) is 5.64. The maximum absolute atomic E-state index is 14.8. The summed E-state index contributed by atoms with van der Waals surface area (Å²) in [5, 5.41) is 7.27. The Balaban J connectivity index is 1.70. The Morgan fingerprint density at radius 3 is 2.61 bits per heavy atom. The van der Waals surface area contributed by atoms with Crippen molar-refractivity contribution in [2.45, 2.75) is 43.6 Å². The molecule has 2 aromatic rings. The summed E-state index contributed by atoms with van der Waals surface area (Å²) in [5.41, 5.74) is 0.856. The van der Waals surface area contributed by atoms with E-state index in [1.165, 1.54) is 6.42 Å². The molecule has 28 heavy (non-hydrogen) atoms. The zero-order chi connectivity index (χ0) is 19.7. The van der Waals surface area contributed by atoms with Crippen LogP contribution in [0.5, 0.6) is 0 Å². The topological polar surface area (TPSA) is 41.1 Å². The average Bonchev–Trinajstić information content (AvgIpc) is 3.03. The molecule has 2 N–H and O–H groups in total. The summed E-state index contributed by atoms with van der Waals surface area (Å²) in [6.45, 7) is 0.560. The number of hydrogen-bond acceptors (Lipinski definition) is 2. The smallest absolute Gasteiger partial charge is 0.230 e. The molecule has 0 bridgehead atoms. The van der Waals surface area contributed by atoms with Gasteiger partial charge in [0.15, 0.2) is 0 Å². The second-order valence-electron chi connectivity index (χ2n) is 7.82. The molecular formula is C22H23Cl2FN2O. The molecule has 1 amide bonds. The molecule has 2 fully saturated rings. The molecule has 1 saturated carbocycles. The highest BCUT2D eigenvalue weighted by atomic mass is 35.5. The van der Waals surface area contributed by atoms with Gasteiger partial charge in [-0.2, -0.15) is 0 Å². The predicted molar refractivity (Wildman–Crippen MR) is 112 cm³/mol. The maximum Gasteiger partial charge on any atom is 0.230 e. The first-order chi connectivity index (χ1) is 13.5. The molecular weight excluding hydrogens is 398 g/mol. The molecule has 1 heterocycles. The van der Waals surface area contributed by atoms with Gasteiger partial charge in [-0.15, -0.1) is 0 Å². The Morgan fingerprint density at radius 1 is 1.11 bits per heavy atom. The number of amides is 1. The van der Waals surface area contributed by atoms with Gasteiger partial charge in [0.1, 0.15) is 5.82 Å². The minimum absolute atomic E-state index is 0.0936. The minimum Gasteiger partial charge on any atom is -0.326 e. The summed E-state index contributed by atoms with van der Waals surface area (Å²) in [6.07, 6.45) is 5.14. The van der Waals surface area contributed by atoms with Crippen molar-refractivity contribution >= 4 is 34.8 Å². The second-order valence-corrected chi connectivity index (χ2v) is 8.67. The minimum atomic E-state index is -0.426. The quantitative estimate of drug-likeness (QED) is 0.660. The number of rotatable bonds is 3. The summed E-state index contributed by atoms with van der Waals surface area (Å²) in [7, 11) is 0. The van der Waals surface area contributed by atoms with Crippen LogP contribution in [0.1, 0.15) is 43.6 Å². The highest BCUT2D eigenvalue weighted by molar-refractivity contribution is 6.31. The lowest BCUT2D eigenvalue weighted by atomic mass is 9.69. The zero-order valence-corrected chi connectivity index (χ0v) is 17.0. The molecule has 4 rings (SSSR count). The number of nitrogens with one attached hydrogen (secondary N) is 2. The van der Waals surface area contributed by atoms with Crippen molar-refractivity contribution in [3.63, 3.8) is 0 Å². The summed E-state index contributed by atoms with van der Waals surface area (Å²) in [5.74, 6) is -1.17. The van der Waals surface area contributed by atoms with Crippen LogP contribution in [0.25, 0.3) is 0 Å². The van der Waals surface area contributed by atoms with E-state index >= 15 is 0 Å². The van der Waals surface area contributed by atoms with E-state index in [4.69, 9.17) is 23.2 Å². The Labute approximate surface area is 174 Å².